The van der Waals surface area contributed by atoms with Gasteiger partial charge in [-0.2, -0.15) is 0 Å². The molecule has 0 bridgehead atoms. The first kappa shape index (κ1) is 20.9. The summed E-state index contributed by atoms with van der Waals surface area (Å²) >= 11 is 0. The first-order valence-corrected chi connectivity index (χ1v) is 9.24. The fraction of sp³-hybridized carbons (Fsp3) is 0.889. The van der Waals surface area contributed by atoms with E-state index in [0.717, 1.165) is 51.6 Å². The average Bonchev–Trinajstić information content (AvgIpc) is 2.52. The molecule has 0 spiro atoms. The molecule has 0 atom stereocenters. The van der Waals surface area contributed by atoms with E-state index in [4.69, 9.17) is 0 Å². The van der Waals surface area contributed by atoms with Crippen LogP contribution >= 0.6 is 0 Å². The van der Waals surface area contributed by atoms with Gasteiger partial charge < -0.3 is 10.6 Å². The predicted octanol–water partition coefficient (Wildman–Crippen LogP) is 3.94. The maximum atomic E-state index is 11.4. The molecular weight excluding hydrogens is 276 g/mol. The topological polar surface area (TPSA) is 58.2 Å². The largest absolute Gasteiger partial charge is 0.356 e. The number of hydrogen-bond acceptors (Lipinski definition) is 2. The van der Waals surface area contributed by atoms with Crippen LogP contribution in [0.15, 0.2) is 0 Å². The maximum absolute atomic E-state index is 11.4. The van der Waals surface area contributed by atoms with Crippen molar-refractivity contribution in [3.05, 3.63) is 0 Å². The molecule has 0 aliphatic heterocycles. The van der Waals surface area contributed by atoms with Crippen LogP contribution in [0.1, 0.15) is 90.9 Å². The Labute approximate surface area is 136 Å². The van der Waals surface area contributed by atoms with E-state index in [1.54, 1.807) is 0 Å². The fourth-order valence-electron chi connectivity index (χ4n) is 2.26. The second-order valence-corrected chi connectivity index (χ2v) is 6.03. The standard InChI is InChI=1S/C18H36N2O2/c1-3-5-13-17(21)19-15-11-9-7-8-10-12-16-20-18(22)14-6-4-2/h3-16H2,1-2H3,(H,19,21)(H,20,22). The molecule has 2 amide bonds. The van der Waals surface area contributed by atoms with E-state index in [-0.39, 0.29) is 11.8 Å². The number of hydrogen-bond donors (Lipinski definition) is 2. The summed E-state index contributed by atoms with van der Waals surface area (Å²) in [7, 11) is 0. The molecule has 22 heavy (non-hydrogen) atoms. The van der Waals surface area contributed by atoms with Crippen molar-refractivity contribution in [2.24, 2.45) is 0 Å². The highest BCUT2D eigenvalue weighted by molar-refractivity contribution is 5.76. The third-order valence-electron chi connectivity index (χ3n) is 3.76. The number of nitrogens with one attached hydrogen (secondary N) is 2. The number of amides is 2. The monoisotopic (exact) mass is 312 g/mol. The van der Waals surface area contributed by atoms with Crippen molar-refractivity contribution in [2.45, 2.75) is 90.9 Å². The Morgan fingerprint density at radius 1 is 0.591 bits per heavy atom. The molecule has 4 nitrogen and oxygen atoms in total. The minimum atomic E-state index is 0.195. The third-order valence-corrected chi connectivity index (χ3v) is 3.76. The van der Waals surface area contributed by atoms with E-state index in [1.165, 1.54) is 25.7 Å². The Kier molecular flexibility index (Phi) is 15.5. The van der Waals surface area contributed by atoms with E-state index in [2.05, 4.69) is 24.5 Å². The van der Waals surface area contributed by atoms with Gasteiger partial charge in [0.05, 0.1) is 0 Å². The van der Waals surface area contributed by atoms with E-state index in [9.17, 15) is 9.59 Å². The molecule has 0 aliphatic carbocycles. The van der Waals surface area contributed by atoms with Gasteiger partial charge in [0.25, 0.3) is 0 Å². The zero-order valence-corrected chi connectivity index (χ0v) is 14.7. The quantitative estimate of drug-likeness (QED) is 0.450. The lowest BCUT2D eigenvalue weighted by Crippen LogP contribution is -2.24. The Balaban J connectivity index is 3.17. The molecule has 0 aromatic carbocycles. The molecule has 2 N–H and O–H groups in total. The number of rotatable bonds is 15. The minimum absolute atomic E-state index is 0.195. The lowest BCUT2D eigenvalue weighted by atomic mass is 10.1. The zero-order chi connectivity index (χ0) is 16.5. The first-order valence-electron chi connectivity index (χ1n) is 9.24. The fourth-order valence-corrected chi connectivity index (χ4v) is 2.26. The van der Waals surface area contributed by atoms with E-state index < -0.39 is 0 Å². The van der Waals surface area contributed by atoms with Gasteiger partial charge in [0, 0.05) is 25.9 Å². The van der Waals surface area contributed by atoms with E-state index >= 15 is 0 Å². The van der Waals surface area contributed by atoms with Crippen molar-refractivity contribution >= 4 is 11.8 Å². The normalized spacial score (nSPS) is 10.5. The summed E-state index contributed by atoms with van der Waals surface area (Å²) < 4.78 is 0. The minimum Gasteiger partial charge on any atom is -0.356 e. The van der Waals surface area contributed by atoms with Crippen molar-refractivity contribution in [3.8, 4) is 0 Å². The van der Waals surface area contributed by atoms with Crippen LogP contribution in [0, 0.1) is 0 Å². The molecule has 0 saturated carbocycles. The lowest BCUT2D eigenvalue weighted by Gasteiger charge is -2.06. The molecule has 0 heterocycles. The maximum Gasteiger partial charge on any atom is 0.219 e. The smallest absolute Gasteiger partial charge is 0.219 e. The molecule has 0 saturated heterocycles. The summed E-state index contributed by atoms with van der Waals surface area (Å²) in [5.41, 5.74) is 0. The summed E-state index contributed by atoms with van der Waals surface area (Å²) in [6.45, 7) is 5.83. The van der Waals surface area contributed by atoms with Gasteiger partial charge in [0.15, 0.2) is 0 Å². The van der Waals surface area contributed by atoms with Gasteiger partial charge in [-0.1, -0.05) is 52.4 Å². The molecule has 0 unspecified atom stereocenters. The molecule has 0 aliphatic rings. The summed E-state index contributed by atoms with van der Waals surface area (Å²) in [5.74, 6) is 0.390. The molecular formula is C18H36N2O2. The Morgan fingerprint density at radius 3 is 1.32 bits per heavy atom. The molecule has 0 rings (SSSR count). The summed E-state index contributed by atoms with van der Waals surface area (Å²) in [6.07, 6.45) is 12.4. The van der Waals surface area contributed by atoms with Crippen LogP contribution in [0.2, 0.25) is 0 Å². The Bertz CT molecular complexity index is 252. The van der Waals surface area contributed by atoms with Gasteiger partial charge in [-0.25, -0.2) is 0 Å². The highest BCUT2D eigenvalue weighted by atomic mass is 16.2. The number of carbonyl (C=O) groups excluding carboxylic acids is 2. The highest BCUT2D eigenvalue weighted by Gasteiger charge is 2.00. The van der Waals surface area contributed by atoms with Crippen LogP contribution in [-0.2, 0) is 9.59 Å². The van der Waals surface area contributed by atoms with Gasteiger partial charge in [-0.15, -0.1) is 0 Å². The summed E-state index contributed by atoms with van der Waals surface area (Å²) in [5, 5.41) is 5.94. The van der Waals surface area contributed by atoms with Crippen molar-refractivity contribution in [3.63, 3.8) is 0 Å². The molecule has 130 valence electrons. The Morgan fingerprint density at radius 2 is 0.955 bits per heavy atom. The van der Waals surface area contributed by atoms with Gasteiger partial charge in [-0.05, 0) is 25.7 Å². The molecule has 0 aromatic heterocycles. The second-order valence-electron chi connectivity index (χ2n) is 6.03. The number of carbonyl (C=O) groups is 2. The van der Waals surface area contributed by atoms with Crippen LogP contribution in [-0.4, -0.2) is 24.9 Å². The van der Waals surface area contributed by atoms with E-state index in [1.807, 2.05) is 0 Å². The Hall–Kier alpha value is -1.06. The van der Waals surface area contributed by atoms with Crippen molar-refractivity contribution < 1.29 is 9.59 Å². The van der Waals surface area contributed by atoms with Crippen LogP contribution in [0.3, 0.4) is 0 Å². The van der Waals surface area contributed by atoms with Crippen molar-refractivity contribution in [2.75, 3.05) is 13.1 Å². The summed E-state index contributed by atoms with van der Waals surface area (Å²) in [4.78, 5) is 22.8. The van der Waals surface area contributed by atoms with E-state index in [0.29, 0.717) is 12.8 Å². The van der Waals surface area contributed by atoms with Gasteiger partial charge in [0.2, 0.25) is 11.8 Å². The predicted molar refractivity (Wildman–Crippen MR) is 92.8 cm³/mol. The molecule has 0 fully saturated rings. The van der Waals surface area contributed by atoms with Gasteiger partial charge >= 0.3 is 0 Å². The van der Waals surface area contributed by atoms with Crippen molar-refractivity contribution in [1.82, 2.24) is 10.6 Å². The number of unbranched alkanes of at least 4 members (excludes halogenated alkanes) is 7. The summed E-state index contributed by atoms with van der Waals surface area (Å²) in [6, 6.07) is 0. The van der Waals surface area contributed by atoms with Gasteiger partial charge in [-0.3, -0.25) is 9.59 Å². The second kappa shape index (κ2) is 16.3. The van der Waals surface area contributed by atoms with Gasteiger partial charge in [0.1, 0.15) is 0 Å². The van der Waals surface area contributed by atoms with Crippen LogP contribution in [0.4, 0.5) is 0 Å². The van der Waals surface area contributed by atoms with Crippen LogP contribution in [0.5, 0.6) is 0 Å². The van der Waals surface area contributed by atoms with Crippen LogP contribution < -0.4 is 10.6 Å². The SMILES string of the molecule is CCCCC(=O)NCCCCCCCCNC(=O)CCCC. The third kappa shape index (κ3) is 15.3. The molecule has 0 aromatic rings. The highest BCUT2D eigenvalue weighted by Crippen LogP contribution is 2.05. The van der Waals surface area contributed by atoms with Crippen LogP contribution in [0.25, 0.3) is 0 Å². The average molecular weight is 312 g/mol. The first-order chi connectivity index (χ1) is 10.7. The molecule has 4 heteroatoms. The lowest BCUT2D eigenvalue weighted by molar-refractivity contribution is -0.122. The van der Waals surface area contributed by atoms with Crippen molar-refractivity contribution in [1.29, 1.82) is 0 Å². The molecule has 0 radical (unpaired) electrons. The zero-order valence-electron chi connectivity index (χ0n) is 14.7.